The molecule has 1 aromatic carbocycles. The van der Waals surface area contributed by atoms with E-state index in [0.29, 0.717) is 14.9 Å². The van der Waals surface area contributed by atoms with Gasteiger partial charge in [0, 0.05) is 5.25 Å². The highest BCUT2D eigenvalue weighted by Gasteiger charge is 2.28. The van der Waals surface area contributed by atoms with E-state index < -0.39 is 28.6 Å². The van der Waals surface area contributed by atoms with Gasteiger partial charge in [0.15, 0.2) is 5.78 Å². The van der Waals surface area contributed by atoms with Crippen molar-refractivity contribution in [3.63, 3.8) is 0 Å². The highest BCUT2D eigenvalue weighted by molar-refractivity contribution is 8.14. The summed E-state index contributed by atoms with van der Waals surface area (Å²) in [5.74, 6) is -1.07. The molecular formula is C20H25Cl2N5O4S2. The van der Waals surface area contributed by atoms with Crippen LogP contribution in [-0.2, 0) is 20.9 Å². The lowest BCUT2D eigenvalue weighted by Crippen LogP contribution is -2.43. The van der Waals surface area contributed by atoms with Crippen LogP contribution in [0.3, 0.4) is 0 Å². The Morgan fingerprint density at radius 2 is 1.82 bits per heavy atom. The number of tetrazole rings is 1. The quantitative estimate of drug-likeness (QED) is 0.459. The zero-order valence-electron chi connectivity index (χ0n) is 18.8. The summed E-state index contributed by atoms with van der Waals surface area (Å²) in [4.78, 5) is 38.2. The number of amides is 1. The molecule has 0 saturated carbocycles. The van der Waals surface area contributed by atoms with Crippen molar-refractivity contribution < 1.29 is 19.1 Å². The largest absolute Gasteiger partial charge is 0.460 e. The summed E-state index contributed by atoms with van der Waals surface area (Å²) in [5, 5.41) is 14.7. The van der Waals surface area contributed by atoms with E-state index in [1.807, 2.05) is 13.8 Å². The van der Waals surface area contributed by atoms with Crippen molar-refractivity contribution in [1.82, 2.24) is 25.5 Å². The third-order valence-electron chi connectivity index (χ3n) is 3.73. The molecule has 1 unspecified atom stereocenters. The summed E-state index contributed by atoms with van der Waals surface area (Å²) in [7, 11) is 0. The number of halogens is 2. The second-order valence-corrected chi connectivity index (χ2v) is 11.5. The molecule has 0 aliphatic rings. The van der Waals surface area contributed by atoms with Crippen molar-refractivity contribution in [2.24, 2.45) is 0 Å². The van der Waals surface area contributed by atoms with Gasteiger partial charge in [-0.05, 0) is 55.1 Å². The molecule has 1 N–H and O–H groups in total. The number of ether oxygens (including phenoxy) is 1. The third kappa shape index (κ3) is 9.15. The molecule has 0 radical (unpaired) electrons. The first-order valence-corrected chi connectivity index (χ1v) is 12.4. The number of nitrogens with one attached hydrogen (secondary N) is 1. The average Bonchev–Trinajstić information content (AvgIpc) is 3.08. The molecule has 1 amide bonds. The third-order valence-corrected chi connectivity index (χ3v) is 6.51. The van der Waals surface area contributed by atoms with Crippen LogP contribution in [0.2, 0.25) is 10.0 Å². The van der Waals surface area contributed by atoms with Gasteiger partial charge in [0.1, 0.15) is 18.2 Å². The maximum absolute atomic E-state index is 13.1. The number of Topliss-reactive ketones (excluding diaryl/α,β-unsaturated/α-hetero) is 1. The van der Waals surface area contributed by atoms with E-state index in [-0.39, 0.29) is 23.4 Å². The number of carbonyl (C=O) groups excluding carboxylic acids is 3. The smallest absolute Gasteiger partial charge is 0.308 e. The Bertz CT molecular complexity index is 990. The van der Waals surface area contributed by atoms with E-state index in [9.17, 15) is 14.4 Å². The molecule has 1 atom stereocenters. The summed E-state index contributed by atoms with van der Waals surface area (Å²) in [6.45, 7) is 8.58. The minimum atomic E-state index is -1.11. The fourth-order valence-corrected chi connectivity index (χ4v) is 4.55. The molecular weight excluding hydrogens is 509 g/mol. The van der Waals surface area contributed by atoms with E-state index in [0.717, 1.165) is 23.5 Å². The Balaban J connectivity index is 2.19. The zero-order chi connectivity index (χ0) is 24.8. The van der Waals surface area contributed by atoms with Crippen LogP contribution in [0.25, 0.3) is 0 Å². The first-order chi connectivity index (χ1) is 15.4. The first-order valence-electron chi connectivity index (χ1n) is 9.95. The molecule has 2 rings (SSSR count). The number of nitrogens with zero attached hydrogens (tertiary/aromatic N) is 4. The van der Waals surface area contributed by atoms with Gasteiger partial charge < -0.3 is 10.1 Å². The van der Waals surface area contributed by atoms with E-state index >= 15 is 0 Å². The van der Waals surface area contributed by atoms with Crippen LogP contribution in [-0.4, -0.2) is 54.1 Å². The number of rotatable bonds is 9. The van der Waals surface area contributed by atoms with E-state index in [1.54, 1.807) is 39.0 Å². The predicted octanol–water partition coefficient (Wildman–Crippen LogP) is 4.65. The number of esters is 1. The first kappa shape index (κ1) is 27.4. The highest BCUT2D eigenvalue weighted by atomic mass is 35.5. The molecule has 33 heavy (non-hydrogen) atoms. The molecule has 0 aliphatic heterocycles. The molecule has 0 fully saturated rings. The van der Waals surface area contributed by atoms with Gasteiger partial charge in [-0.25, -0.2) is 4.68 Å². The molecule has 0 bridgehead atoms. The summed E-state index contributed by atoms with van der Waals surface area (Å²) in [5.41, 5.74) is -0.727. The van der Waals surface area contributed by atoms with Crippen LogP contribution in [0.5, 0.6) is 0 Å². The number of ketones is 1. The second-order valence-electron chi connectivity index (χ2n) is 8.18. The Hall–Kier alpha value is -1.82. The van der Waals surface area contributed by atoms with Gasteiger partial charge >= 0.3 is 5.97 Å². The summed E-state index contributed by atoms with van der Waals surface area (Å²) < 4.78 is 6.58. The van der Waals surface area contributed by atoms with Crippen molar-refractivity contribution >= 4 is 63.7 Å². The molecule has 0 spiro atoms. The maximum Gasteiger partial charge on any atom is 0.308 e. The fourth-order valence-electron chi connectivity index (χ4n) is 2.48. The van der Waals surface area contributed by atoms with Crippen LogP contribution in [0.4, 0.5) is 4.79 Å². The maximum atomic E-state index is 13.1. The molecule has 1 aromatic heterocycles. The number of aromatic nitrogens is 4. The van der Waals surface area contributed by atoms with Crippen LogP contribution >= 0.6 is 46.7 Å². The topological polar surface area (TPSA) is 116 Å². The Morgan fingerprint density at radius 1 is 1.18 bits per heavy atom. The van der Waals surface area contributed by atoms with Crippen LogP contribution < -0.4 is 5.32 Å². The van der Waals surface area contributed by atoms with Crippen molar-refractivity contribution in [1.29, 1.82) is 0 Å². The van der Waals surface area contributed by atoms with Crippen molar-refractivity contribution in [3.05, 3.63) is 28.2 Å². The van der Waals surface area contributed by atoms with Gasteiger partial charge in [-0.1, -0.05) is 54.9 Å². The standard InChI is InChI=1S/C20H25Cl2N5O4S2/c1-11(2)32-19(30)23-14(9-16(29)31-20(3,4)5)15(28)10-27-18(24-25-26-27)33-17-12(21)7-6-8-13(17)22/h6-8,11,14H,9-10H2,1-5H3,(H,23,30). The van der Waals surface area contributed by atoms with Gasteiger partial charge in [-0.15, -0.1) is 5.10 Å². The van der Waals surface area contributed by atoms with Crippen LogP contribution in [0, 0.1) is 0 Å². The lowest BCUT2D eigenvalue weighted by Gasteiger charge is -2.22. The van der Waals surface area contributed by atoms with Gasteiger partial charge in [0.2, 0.25) is 5.16 Å². The molecule has 180 valence electrons. The van der Waals surface area contributed by atoms with Crippen molar-refractivity contribution in [2.45, 2.75) is 74.5 Å². The minimum Gasteiger partial charge on any atom is -0.460 e. The fraction of sp³-hybridized carbons (Fsp3) is 0.500. The van der Waals surface area contributed by atoms with Crippen LogP contribution in [0.1, 0.15) is 41.0 Å². The summed E-state index contributed by atoms with van der Waals surface area (Å²) >= 11 is 14.5. The van der Waals surface area contributed by atoms with Gasteiger partial charge in [0.25, 0.3) is 5.24 Å². The number of thioether (sulfide) groups is 1. The van der Waals surface area contributed by atoms with Gasteiger partial charge in [-0.2, -0.15) is 0 Å². The Kier molecular flexibility index (Phi) is 10.0. The van der Waals surface area contributed by atoms with Gasteiger partial charge in [-0.3, -0.25) is 14.4 Å². The number of hydrogen-bond donors (Lipinski definition) is 1. The molecule has 0 aliphatic carbocycles. The predicted molar refractivity (Wildman–Crippen MR) is 129 cm³/mol. The highest BCUT2D eigenvalue weighted by Crippen LogP contribution is 2.37. The van der Waals surface area contributed by atoms with Crippen molar-refractivity contribution in [3.8, 4) is 0 Å². The minimum absolute atomic E-state index is 0.00478. The van der Waals surface area contributed by atoms with Gasteiger partial charge in [0.05, 0.1) is 21.4 Å². The zero-order valence-corrected chi connectivity index (χ0v) is 21.9. The molecule has 9 nitrogen and oxygen atoms in total. The lowest BCUT2D eigenvalue weighted by atomic mass is 10.1. The average molecular weight is 534 g/mol. The Morgan fingerprint density at radius 3 is 2.39 bits per heavy atom. The summed E-state index contributed by atoms with van der Waals surface area (Å²) in [6.07, 6.45) is -0.318. The van der Waals surface area contributed by atoms with Crippen molar-refractivity contribution in [2.75, 3.05) is 0 Å². The number of carbonyl (C=O) groups is 3. The van der Waals surface area contributed by atoms with E-state index in [2.05, 4.69) is 20.8 Å². The SMILES string of the molecule is CC(C)SC(=O)NC(CC(=O)OC(C)(C)C)C(=O)Cn1nnnc1Sc1c(Cl)cccc1Cl. The number of hydrogen-bond acceptors (Lipinski definition) is 9. The monoisotopic (exact) mass is 533 g/mol. The number of benzene rings is 1. The summed E-state index contributed by atoms with van der Waals surface area (Å²) in [6, 6.07) is 3.95. The van der Waals surface area contributed by atoms with Crippen LogP contribution in [0.15, 0.2) is 28.3 Å². The molecule has 0 saturated heterocycles. The van der Waals surface area contributed by atoms with E-state index in [4.69, 9.17) is 27.9 Å². The normalized spacial score (nSPS) is 12.5. The molecule has 2 aromatic rings. The second kappa shape index (κ2) is 12.0. The Labute approximate surface area is 210 Å². The lowest BCUT2D eigenvalue weighted by molar-refractivity contribution is -0.156. The molecule has 13 heteroatoms. The van der Waals surface area contributed by atoms with E-state index in [1.165, 1.54) is 4.68 Å². The molecule has 1 heterocycles.